The van der Waals surface area contributed by atoms with E-state index in [0.717, 1.165) is 23.9 Å². The molecule has 0 fully saturated rings. The standard InChI is InChI=1S/C15H12F2N4OS/c1-9(14(22)18-13-10(16)5-4-6-11(13)17)23-15-20-19-12-7-2-3-8-21(12)15/h2-9H,1H3,(H,18,22)/t9-/m0/s1. The maximum atomic E-state index is 13.6. The van der Waals surface area contributed by atoms with Crippen molar-refractivity contribution in [2.75, 3.05) is 5.32 Å². The van der Waals surface area contributed by atoms with Crippen LogP contribution >= 0.6 is 11.8 Å². The Morgan fingerprint density at radius 2 is 1.91 bits per heavy atom. The molecule has 1 atom stereocenters. The van der Waals surface area contributed by atoms with E-state index in [1.165, 1.54) is 6.07 Å². The van der Waals surface area contributed by atoms with Gasteiger partial charge in [0.05, 0.1) is 5.25 Å². The average molecular weight is 334 g/mol. The molecule has 0 aliphatic carbocycles. The van der Waals surface area contributed by atoms with Gasteiger partial charge >= 0.3 is 0 Å². The minimum absolute atomic E-state index is 0.448. The first-order chi connectivity index (χ1) is 11.1. The van der Waals surface area contributed by atoms with E-state index in [2.05, 4.69) is 15.5 Å². The molecule has 0 aliphatic rings. The van der Waals surface area contributed by atoms with Crippen LogP contribution < -0.4 is 5.32 Å². The number of carbonyl (C=O) groups is 1. The highest BCUT2D eigenvalue weighted by molar-refractivity contribution is 8.00. The summed E-state index contributed by atoms with van der Waals surface area (Å²) in [6.45, 7) is 1.63. The van der Waals surface area contributed by atoms with E-state index in [1.54, 1.807) is 23.6 Å². The zero-order valence-corrected chi connectivity index (χ0v) is 12.8. The number of hydrogen-bond acceptors (Lipinski definition) is 4. The minimum atomic E-state index is -0.816. The zero-order valence-electron chi connectivity index (χ0n) is 12.0. The number of fused-ring (bicyclic) bond motifs is 1. The first-order valence-electron chi connectivity index (χ1n) is 6.77. The summed E-state index contributed by atoms with van der Waals surface area (Å²) < 4.78 is 28.9. The van der Waals surface area contributed by atoms with Crippen molar-refractivity contribution in [3.8, 4) is 0 Å². The van der Waals surface area contributed by atoms with Gasteiger partial charge in [-0.3, -0.25) is 9.20 Å². The van der Waals surface area contributed by atoms with Crippen molar-refractivity contribution in [3.63, 3.8) is 0 Å². The van der Waals surface area contributed by atoms with Crippen LogP contribution in [0, 0.1) is 11.6 Å². The van der Waals surface area contributed by atoms with Gasteiger partial charge in [0.1, 0.15) is 17.3 Å². The fourth-order valence-electron chi connectivity index (χ4n) is 1.95. The Morgan fingerprint density at radius 1 is 1.17 bits per heavy atom. The Morgan fingerprint density at radius 3 is 2.65 bits per heavy atom. The molecule has 0 saturated heterocycles. The fourth-order valence-corrected chi connectivity index (χ4v) is 2.79. The summed E-state index contributed by atoms with van der Waals surface area (Å²) in [5, 5.41) is 10.2. The highest BCUT2D eigenvalue weighted by atomic mass is 32.2. The molecule has 8 heteroatoms. The van der Waals surface area contributed by atoms with Gasteiger partial charge in [0.15, 0.2) is 10.8 Å². The Bertz CT molecular complexity index is 847. The second-order valence-corrected chi connectivity index (χ2v) is 6.07. The van der Waals surface area contributed by atoms with Crippen molar-refractivity contribution < 1.29 is 13.6 Å². The van der Waals surface area contributed by atoms with Crippen LogP contribution in [0.2, 0.25) is 0 Å². The number of carbonyl (C=O) groups excluding carboxylic acids is 1. The van der Waals surface area contributed by atoms with Crippen LogP contribution in [0.15, 0.2) is 47.8 Å². The molecule has 0 bridgehead atoms. The summed E-state index contributed by atoms with van der Waals surface area (Å²) in [6, 6.07) is 8.85. The normalized spacial score (nSPS) is 12.3. The summed E-state index contributed by atoms with van der Waals surface area (Å²) in [5.74, 6) is -2.15. The first-order valence-corrected chi connectivity index (χ1v) is 7.65. The van der Waals surface area contributed by atoms with Crippen LogP contribution in [0.1, 0.15) is 6.92 Å². The summed E-state index contributed by atoms with van der Waals surface area (Å²) in [7, 11) is 0. The van der Waals surface area contributed by atoms with E-state index >= 15 is 0 Å². The molecule has 5 nitrogen and oxygen atoms in total. The Hall–Kier alpha value is -2.48. The molecule has 2 heterocycles. The monoisotopic (exact) mass is 334 g/mol. The Kier molecular flexibility index (Phi) is 4.24. The van der Waals surface area contributed by atoms with Gasteiger partial charge in [-0.25, -0.2) is 8.78 Å². The number of thioether (sulfide) groups is 1. The van der Waals surface area contributed by atoms with Crippen molar-refractivity contribution in [1.82, 2.24) is 14.6 Å². The summed E-state index contributed by atoms with van der Waals surface area (Å²) >= 11 is 1.15. The molecule has 23 heavy (non-hydrogen) atoms. The molecule has 3 rings (SSSR count). The number of hydrogen-bond donors (Lipinski definition) is 1. The molecule has 0 radical (unpaired) electrons. The maximum absolute atomic E-state index is 13.6. The number of nitrogens with zero attached hydrogens (tertiary/aromatic N) is 3. The van der Waals surface area contributed by atoms with Gasteiger partial charge in [-0.2, -0.15) is 0 Å². The number of para-hydroxylation sites is 1. The number of anilines is 1. The van der Waals surface area contributed by atoms with Gasteiger partial charge in [-0.05, 0) is 31.2 Å². The molecule has 1 N–H and O–H groups in total. The molecule has 0 unspecified atom stereocenters. The summed E-state index contributed by atoms with van der Waals surface area (Å²) in [4.78, 5) is 12.2. The van der Waals surface area contributed by atoms with Crippen LogP contribution in [0.5, 0.6) is 0 Å². The number of rotatable bonds is 4. The van der Waals surface area contributed by atoms with Gasteiger partial charge in [0, 0.05) is 6.20 Å². The van der Waals surface area contributed by atoms with Crippen molar-refractivity contribution >= 4 is 29.0 Å². The number of nitrogens with one attached hydrogen (secondary N) is 1. The summed E-state index contributed by atoms with van der Waals surface area (Å²) in [6.07, 6.45) is 1.78. The van der Waals surface area contributed by atoms with Crippen molar-refractivity contribution in [3.05, 3.63) is 54.2 Å². The highest BCUT2D eigenvalue weighted by Crippen LogP contribution is 2.24. The highest BCUT2D eigenvalue weighted by Gasteiger charge is 2.20. The fraction of sp³-hybridized carbons (Fsp3) is 0.133. The lowest BCUT2D eigenvalue weighted by Gasteiger charge is -2.12. The summed E-state index contributed by atoms with van der Waals surface area (Å²) in [5.41, 5.74) is 0.207. The predicted octanol–water partition coefficient (Wildman–Crippen LogP) is 3.13. The van der Waals surface area contributed by atoms with Crippen molar-refractivity contribution in [2.45, 2.75) is 17.3 Å². The third kappa shape index (κ3) is 3.16. The second kappa shape index (κ2) is 6.33. The van der Waals surface area contributed by atoms with Crippen LogP contribution in [-0.4, -0.2) is 25.8 Å². The minimum Gasteiger partial charge on any atom is -0.320 e. The molecular formula is C15H12F2N4OS. The SMILES string of the molecule is C[C@H](Sc1nnc2ccccn12)C(=O)Nc1c(F)cccc1F. The van der Waals surface area contributed by atoms with E-state index in [0.29, 0.717) is 10.8 Å². The van der Waals surface area contributed by atoms with Crippen LogP contribution in [0.25, 0.3) is 5.65 Å². The van der Waals surface area contributed by atoms with Gasteiger partial charge in [0.25, 0.3) is 0 Å². The topological polar surface area (TPSA) is 59.3 Å². The van der Waals surface area contributed by atoms with Crippen LogP contribution in [0.3, 0.4) is 0 Å². The molecule has 0 saturated carbocycles. The predicted molar refractivity (Wildman–Crippen MR) is 83.3 cm³/mol. The number of amides is 1. The third-order valence-electron chi connectivity index (χ3n) is 3.14. The molecule has 1 aromatic carbocycles. The van der Waals surface area contributed by atoms with Crippen LogP contribution in [-0.2, 0) is 4.79 Å². The van der Waals surface area contributed by atoms with Crippen LogP contribution in [0.4, 0.5) is 14.5 Å². The number of aromatic nitrogens is 3. The Labute approximate surface area is 134 Å². The molecule has 2 aromatic heterocycles. The van der Waals surface area contributed by atoms with Gasteiger partial charge < -0.3 is 5.32 Å². The van der Waals surface area contributed by atoms with E-state index in [9.17, 15) is 13.6 Å². The average Bonchev–Trinajstić information content (AvgIpc) is 2.94. The second-order valence-electron chi connectivity index (χ2n) is 4.76. The lowest BCUT2D eigenvalue weighted by molar-refractivity contribution is -0.115. The maximum Gasteiger partial charge on any atom is 0.237 e. The van der Waals surface area contributed by atoms with E-state index < -0.39 is 28.5 Å². The molecule has 1 amide bonds. The quantitative estimate of drug-likeness (QED) is 0.745. The molecule has 3 aromatic rings. The van der Waals surface area contributed by atoms with E-state index in [1.807, 2.05) is 12.1 Å². The lowest BCUT2D eigenvalue weighted by Crippen LogP contribution is -2.24. The van der Waals surface area contributed by atoms with E-state index in [4.69, 9.17) is 0 Å². The van der Waals surface area contributed by atoms with Crippen molar-refractivity contribution in [2.24, 2.45) is 0 Å². The van der Waals surface area contributed by atoms with Gasteiger partial charge in [0.2, 0.25) is 5.91 Å². The molecular weight excluding hydrogens is 322 g/mol. The smallest absolute Gasteiger partial charge is 0.237 e. The number of benzene rings is 1. The number of halogens is 2. The lowest BCUT2D eigenvalue weighted by atomic mass is 10.3. The largest absolute Gasteiger partial charge is 0.320 e. The molecule has 0 spiro atoms. The number of pyridine rings is 1. The van der Waals surface area contributed by atoms with Crippen molar-refractivity contribution in [1.29, 1.82) is 0 Å². The van der Waals surface area contributed by atoms with Gasteiger partial charge in [-0.1, -0.05) is 23.9 Å². The van der Waals surface area contributed by atoms with E-state index in [-0.39, 0.29) is 0 Å². The first kappa shape index (κ1) is 15.4. The Balaban J connectivity index is 1.75. The molecule has 0 aliphatic heterocycles. The zero-order chi connectivity index (χ0) is 16.4. The third-order valence-corrected chi connectivity index (χ3v) is 4.20. The van der Waals surface area contributed by atoms with Gasteiger partial charge in [-0.15, -0.1) is 10.2 Å². The molecule has 118 valence electrons.